The summed E-state index contributed by atoms with van der Waals surface area (Å²) in [6.45, 7) is 1.47. The number of likely N-dealkylation sites (tertiary alicyclic amines) is 1. The van der Waals surface area contributed by atoms with Gasteiger partial charge in [0.05, 0.1) is 6.04 Å². The number of rotatable bonds is 3. The van der Waals surface area contributed by atoms with Gasteiger partial charge in [0.2, 0.25) is 18.6 Å². The molecule has 2 aromatic rings. The Kier molecular flexibility index (Phi) is 4.60. The van der Waals surface area contributed by atoms with Crippen molar-refractivity contribution in [2.24, 2.45) is 0 Å². The minimum atomic E-state index is -0.452. The molecule has 2 amide bonds. The van der Waals surface area contributed by atoms with Crippen LogP contribution in [0.15, 0.2) is 42.5 Å². The van der Waals surface area contributed by atoms with Gasteiger partial charge in [-0.05, 0) is 42.5 Å². The van der Waals surface area contributed by atoms with Crippen molar-refractivity contribution in [2.45, 2.75) is 37.9 Å². The van der Waals surface area contributed by atoms with E-state index in [0.717, 1.165) is 6.42 Å². The largest absolute Gasteiger partial charge is 0.454 e. The Bertz CT molecular complexity index is 961. The van der Waals surface area contributed by atoms with Crippen molar-refractivity contribution >= 4 is 17.5 Å². The quantitative estimate of drug-likeness (QED) is 0.835. The molecule has 0 spiro atoms. The van der Waals surface area contributed by atoms with E-state index in [0.29, 0.717) is 43.1 Å². The summed E-state index contributed by atoms with van der Waals surface area (Å²) >= 11 is 0. The third-order valence-electron chi connectivity index (χ3n) is 5.86. The first kappa shape index (κ1) is 18.0. The van der Waals surface area contributed by atoms with Crippen LogP contribution in [0.4, 0.5) is 5.69 Å². The SMILES string of the molecule is O=C(Nc1ccc2c(c1)OCO2)[C@@H]1CCCN1C(=O)[C@@H]1Cc2ccccc2CN1. The smallest absolute Gasteiger partial charge is 0.247 e. The van der Waals surface area contributed by atoms with E-state index in [-0.39, 0.29) is 24.6 Å². The fraction of sp³-hybridized carbons (Fsp3) is 0.364. The molecule has 3 heterocycles. The third-order valence-corrected chi connectivity index (χ3v) is 5.86. The number of amides is 2. The van der Waals surface area contributed by atoms with Gasteiger partial charge in [-0.3, -0.25) is 9.59 Å². The lowest BCUT2D eigenvalue weighted by Gasteiger charge is -2.31. The zero-order valence-corrected chi connectivity index (χ0v) is 16.0. The number of anilines is 1. The zero-order chi connectivity index (χ0) is 19.8. The average molecular weight is 393 g/mol. The number of carbonyl (C=O) groups is 2. The molecule has 2 atom stereocenters. The molecule has 1 saturated heterocycles. The van der Waals surface area contributed by atoms with E-state index < -0.39 is 6.04 Å². The van der Waals surface area contributed by atoms with Crippen LogP contribution < -0.4 is 20.1 Å². The van der Waals surface area contributed by atoms with E-state index in [1.54, 1.807) is 23.1 Å². The Hall–Kier alpha value is -3.06. The molecule has 5 rings (SSSR count). The minimum absolute atomic E-state index is 0.00263. The lowest BCUT2D eigenvalue weighted by molar-refractivity contribution is -0.138. The predicted molar refractivity (Wildman–Crippen MR) is 107 cm³/mol. The van der Waals surface area contributed by atoms with E-state index in [1.165, 1.54) is 11.1 Å². The van der Waals surface area contributed by atoms with Crippen molar-refractivity contribution in [1.82, 2.24) is 10.2 Å². The van der Waals surface area contributed by atoms with Crippen LogP contribution >= 0.6 is 0 Å². The predicted octanol–water partition coefficient (Wildman–Crippen LogP) is 2.06. The molecule has 2 aromatic carbocycles. The molecule has 0 radical (unpaired) electrons. The van der Waals surface area contributed by atoms with Crippen LogP contribution in [-0.2, 0) is 22.6 Å². The van der Waals surface area contributed by atoms with Gasteiger partial charge in [-0.25, -0.2) is 0 Å². The Morgan fingerprint density at radius 1 is 1.07 bits per heavy atom. The molecule has 0 saturated carbocycles. The molecule has 150 valence electrons. The van der Waals surface area contributed by atoms with Gasteiger partial charge in [0.1, 0.15) is 6.04 Å². The number of nitrogens with zero attached hydrogens (tertiary/aromatic N) is 1. The molecule has 0 aromatic heterocycles. The maximum atomic E-state index is 13.2. The van der Waals surface area contributed by atoms with Crippen LogP contribution in [0.3, 0.4) is 0 Å². The van der Waals surface area contributed by atoms with Gasteiger partial charge < -0.3 is 25.0 Å². The monoisotopic (exact) mass is 393 g/mol. The number of nitrogens with one attached hydrogen (secondary N) is 2. The van der Waals surface area contributed by atoms with E-state index in [2.05, 4.69) is 22.8 Å². The molecule has 29 heavy (non-hydrogen) atoms. The normalized spacial score (nSPS) is 22.3. The molecule has 1 fully saturated rings. The molecule has 7 nitrogen and oxygen atoms in total. The highest BCUT2D eigenvalue weighted by atomic mass is 16.7. The number of hydrogen-bond acceptors (Lipinski definition) is 5. The molecule has 3 aliphatic rings. The van der Waals surface area contributed by atoms with Crippen molar-refractivity contribution in [2.75, 3.05) is 18.7 Å². The average Bonchev–Trinajstić information content (AvgIpc) is 3.42. The summed E-state index contributed by atoms with van der Waals surface area (Å²) < 4.78 is 10.7. The number of ether oxygens (including phenoxy) is 2. The van der Waals surface area contributed by atoms with Gasteiger partial charge in [-0.2, -0.15) is 0 Å². The summed E-state index contributed by atoms with van der Waals surface area (Å²) in [6.07, 6.45) is 2.15. The highest BCUT2D eigenvalue weighted by Crippen LogP contribution is 2.34. The first-order valence-electron chi connectivity index (χ1n) is 10.0. The lowest BCUT2D eigenvalue weighted by Crippen LogP contribution is -2.53. The maximum Gasteiger partial charge on any atom is 0.247 e. The zero-order valence-electron chi connectivity index (χ0n) is 16.0. The van der Waals surface area contributed by atoms with Crippen LogP contribution in [-0.4, -0.2) is 42.1 Å². The summed E-state index contributed by atoms with van der Waals surface area (Å²) in [7, 11) is 0. The van der Waals surface area contributed by atoms with Crippen molar-refractivity contribution < 1.29 is 19.1 Å². The molecule has 2 N–H and O–H groups in total. The summed E-state index contributed by atoms with van der Waals surface area (Å²) in [6, 6.07) is 12.7. The Balaban J connectivity index is 1.27. The summed E-state index contributed by atoms with van der Waals surface area (Å²) in [5.74, 6) is 1.13. The fourth-order valence-corrected chi connectivity index (χ4v) is 4.33. The van der Waals surface area contributed by atoms with E-state index >= 15 is 0 Å². The van der Waals surface area contributed by atoms with Gasteiger partial charge in [0.15, 0.2) is 11.5 Å². The first-order chi connectivity index (χ1) is 14.2. The van der Waals surface area contributed by atoms with Crippen molar-refractivity contribution in [3.8, 4) is 11.5 Å². The Morgan fingerprint density at radius 2 is 1.90 bits per heavy atom. The van der Waals surface area contributed by atoms with Crippen LogP contribution in [0.5, 0.6) is 11.5 Å². The highest BCUT2D eigenvalue weighted by molar-refractivity contribution is 5.98. The second kappa shape index (κ2) is 7.40. The van der Waals surface area contributed by atoms with Gasteiger partial charge in [-0.1, -0.05) is 24.3 Å². The summed E-state index contributed by atoms with van der Waals surface area (Å²) in [5, 5.41) is 6.26. The summed E-state index contributed by atoms with van der Waals surface area (Å²) in [4.78, 5) is 27.8. The number of hydrogen-bond donors (Lipinski definition) is 2. The second-order valence-corrected chi connectivity index (χ2v) is 7.65. The Labute approximate surface area is 169 Å². The van der Waals surface area contributed by atoms with E-state index in [4.69, 9.17) is 9.47 Å². The molecule has 0 bridgehead atoms. The molecule has 0 aliphatic carbocycles. The topological polar surface area (TPSA) is 79.9 Å². The fourth-order valence-electron chi connectivity index (χ4n) is 4.33. The minimum Gasteiger partial charge on any atom is -0.454 e. The second-order valence-electron chi connectivity index (χ2n) is 7.65. The lowest BCUT2D eigenvalue weighted by atomic mass is 9.95. The molecular weight excluding hydrogens is 370 g/mol. The number of benzene rings is 2. The van der Waals surface area contributed by atoms with Crippen molar-refractivity contribution in [1.29, 1.82) is 0 Å². The molecular formula is C22H23N3O4. The van der Waals surface area contributed by atoms with Crippen molar-refractivity contribution in [3.05, 3.63) is 53.6 Å². The van der Waals surface area contributed by atoms with Crippen LogP contribution in [0.1, 0.15) is 24.0 Å². The van der Waals surface area contributed by atoms with Crippen LogP contribution in [0.2, 0.25) is 0 Å². The third kappa shape index (κ3) is 3.42. The standard InChI is InChI=1S/C22H23N3O4/c26-21(24-16-7-8-19-20(11-16)29-13-28-19)18-6-3-9-25(18)22(27)17-10-14-4-1-2-5-15(14)12-23-17/h1-2,4-5,7-8,11,17-18,23H,3,6,9-10,12-13H2,(H,24,26)/t17-,18-/m0/s1. The number of fused-ring (bicyclic) bond motifs is 2. The van der Waals surface area contributed by atoms with Gasteiger partial charge in [-0.15, -0.1) is 0 Å². The highest BCUT2D eigenvalue weighted by Gasteiger charge is 2.38. The van der Waals surface area contributed by atoms with Crippen LogP contribution in [0.25, 0.3) is 0 Å². The van der Waals surface area contributed by atoms with Gasteiger partial charge in [0.25, 0.3) is 0 Å². The first-order valence-corrected chi connectivity index (χ1v) is 10.0. The van der Waals surface area contributed by atoms with Crippen LogP contribution in [0, 0.1) is 0 Å². The van der Waals surface area contributed by atoms with Gasteiger partial charge >= 0.3 is 0 Å². The molecule has 0 unspecified atom stereocenters. The van der Waals surface area contributed by atoms with E-state index in [9.17, 15) is 9.59 Å². The molecule has 7 heteroatoms. The maximum absolute atomic E-state index is 13.2. The number of carbonyl (C=O) groups excluding carboxylic acids is 2. The Morgan fingerprint density at radius 3 is 2.79 bits per heavy atom. The van der Waals surface area contributed by atoms with Gasteiger partial charge in [0, 0.05) is 24.8 Å². The molecule has 3 aliphatic heterocycles. The van der Waals surface area contributed by atoms with E-state index in [1.807, 2.05) is 12.1 Å². The summed E-state index contributed by atoms with van der Waals surface area (Å²) in [5.41, 5.74) is 3.07. The van der Waals surface area contributed by atoms with Crippen molar-refractivity contribution in [3.63, 3.8) is 0 Å².